The maximum Gasteiger partial charge on any atom is 0.340 e. The molecule has 0 amide bonds. The van der Waals surface area contributed by atoms with Crippen molar-refractivity contribution in [2.45, 2.75) is 34.2 Å². The summed E-state index contributed by atoms with van der Waals surface area (Å²) in [5.74, 6) is -0.413. The molecule has 0 N–H and O–H groups in total. The average Bonchev–Trinajstić information content (AvgIpc) is 2.87. The van der Waals surface area contributed by atoms with Gasteiger partial charge in [-0.15, -0.1) is 0 Å². The smallest absolute Gasteiger partial charge is 0.340 e. The SMILES string of the molecule is CCOC(=O)c1c(C)cc(=O)n(-c2cnn(CC)c2)c1C. The van der Waals surface area contributed by atoms with Gasteiger partial charge < -0.3 is 4.74 Å². The van der Waals surface area contributed by atoms with Crippen molar-refractivity contribution < 1.29 is 9.53 Å². The number of carbonyl (C=O) groups excluding carboxylic acids is 1. The first-order chi connectivity index (χ1) is 9.99. The molecule has 21 heavy (non-hydrogen) atoms. The Morgan fingerprint density at radius 1 is 1.33 bits per heavy atom. The molecule has 0 bridgehead atoms. The van der Waals surface area contributed by atoms with Crippen molar-refractivity contribution in [3.63, 3.8) is 0 Å². The Kier molecular flexibility index (Phi) is 4.26. The molecular formula is C15H19N3O3. The Morgan fingerprint density at radius 2 is 2.05 bits per heavy atom. The van der Waals surface area contributed by atoms with Crippen LogP contribution in [0, 0.1) is 13.8 Å². The summed E-state index contributed by atoms with van der Waals surface area (Å²) in [6.45, 7) is 8.20. The highest BCUT2D eigenvalue weighted by molar-refractivity contribution is 5.92. The molecule has 0 unspecified atom stereocenters. The van der Waals surface area contributed by atoms with E-state index in [0.717, 1.165) is 0 Å². The van der Waals surface area contributed by atoms with Gasteiger partial charge in [-0.25, -0.2) is 4.79 Å². The number of hydrogen-bond donors (Lipinski definition) is 0. The van der Waals surface area contributed by atoms with Gasteiger partial charge in [0.15, 0.2) is 0 Å². The first-order valence-corrected chi connectivity index (χ1v) is 6.92. The van der Waals surface area contributed by atoms with Crippen molar-refractivity contribution >= 4 is 5.97 Å². The molecule has 0 aliphatic rings. The predicted octanol–water partition coefficient (Wildman–Crippen LogP) is 1.85. The normalized spacial score (nSPS) is 10.7. The van der Waals surface area contributed by atoms with Gasteiger partial charge in [-0.2, -0.15) is 5.10 Å². The molecule has 6 heteroatoms. The third-order valence-corrected chi connectivity index (χ3v) is 3.33. The lowest BCUT2D eigenvalue weighted by Gasteiger charge is -2.14. The number of pyridine rings is 1. The molecule has 0 radical (unpaired) electrons. The number of esters is 1. The van der Waals surface area contributed by atoms with Gasteiger partial charge in [-0.3, -0.25) is 14.0 Å². The van der Waals surface area contributed by atoms with E-state index in [1.165, 1.54) is 10.6 Å². The lowest BCUT2D eigenvalue weighted by atomic mass is 10.1. The lowest BCUT2D eigenvalue weighted by molar-refractivity contribution is 0.0523. The number of ether oxygens (including phenoxy) is 1. The van der Waals surface area contributed by atoms with E-state index >= 15 is 0 Å². The minimum atomic E-state index is -0.413. The number of aromatic nitrogens is 3. The maximum absolute atomic E-state index is 12.3. The van der Waals surface area contributed by atoms with Crippen LogP contribution in [0.1, 0.15) is 35.5 Å². The van der Waals surface area contributed by atoms with Crippen LogP contribution in [0.2, 0.25) is 0 Å². The van der Waals surface area contributed by atoms with Crippen molar-refractivity contribution in [2.75, 3.05) is 6.61 Å². The zero-order valence-corrected chi connectivity index (χ0v) is 12.7. The van der Waals surface area contributed by atoms with Crippen LogP contribution in [0.15, 0.2) is 23.3 Å². The summed E-state index contributed by atoms with van der Waals surface area (Å²) in [4.78, 5) is 24.3. The molecule has 0 atom stereocenters. The van der Waals surface area contributed by atoms with Crippen molar-refractivity contribution in [3.05, 3.63) is 45.6 Å². The van der Waals surface area contributed by atoms with Gasteiger partial charge in [0, 0.05) is 24.5 Å². The highest BCUT2D eigenvalue weighted by Gasteiger charge is 2.19. The second kappa shape index (κ2) is 5.95. The zero-order valence-electron chi connectivity index (χ0n) is 12.7. The Hall–Kier alpha value is -2.37. The molecule has 112 valence electrons. The van der Waals surface area contributed by atoms with E-state index in [1.807, 2.05) is 6.92 Å². The molecule has 2 aromatic heterocycles. The van der Waals surface area contributed by atoms with E-state index in [0.29, 0.717) is 35.7 Å². The zero-order chi connectivity index (χ0) is 15.6. The van der Waals surface area contributed by atoms with E-state index in [1.54, 1.807) is 37.8 Å². The Morgan fingerprint density at radius 3 is 2.62 bits per heavy atom. The number of rotatable bonds is 4. The average molecular weight is 289 g/mol. The highest BCUT2D eigenvalue weighted by atomic mass is 16.5. The molecule has 2 rings (SSSR count). The van der Waals surface area contributed by atoms with Crippen LogP contribution < -0.4 is 5.56 Å². The molecule has 2 heterocycles. The summed E-state index contributed by atoms with van der Waals surface area (Å²) in [6.07, 6.45) is 3.39. The number of aryl methyl sites for hydroxylation is 2. The van der Waals surface area contributed by atoms with Crippen LogP contribution in [-0.4, -0.2) is 26.9 Å². The van der Waals surface area contributed by atoms with E-state index < -0.39 is 5.97 Å². The fourth-order valence-corrected chi connectivity index (χ4v) is 2.36. The van der Waals surface area contributed by atoms with Gasteiger partial charge in [0.25, 0.3) is 5.56 Å². The minimum absolute atomic E-state index is 0.186. The van der Waals surface area contributed by atoms with Crippen LogP contribution in [-0.2, 0) is 11.3 Å². The molecule has 0 fully saturated rings. The molecule has 0 saturated heterocycles. The topological polar surface area (TPSA) is 66.1 Å². The van der Waals surface area contributed by atoms with Gasteiger partial charge in [0.2, 0.25) is 0 Å². The van der Waals surface area contributed by atoms with Crippen LogP contribution in [0.3, 0.4) is 0 Å². The minimum Gasteiger partial charge on any atom is -0.462 e. The summed E-state index contributed by atoms with van der Waals surface area (Å²) >= 11 is 0. The van der Waals surface area contributed by atoms with Crippen LogP contribution in [0.4, 0.5) is 0 Å². The molecular weight excluding hydrogens is 270 g/mol. The van der Waals surface area contributed by atoms with Crippen LogP contribution in [0.5, 0.6) is 0 Å². The third-order valence-electron chi connectivity index (χ3n) is 3.33. The molecule has 6 nitrogen and oxygen atoms in total. The van der Waals surface area contributed by atoms with E-state index in [2.05, 4.69) is 5.10 Å². The van der Waals surface area contributed by atoms with Crippen LogP contribution in [0.25, 0.3) is 5.69 Å². The summed E-state index contributed by atoms with van der Waals surface area (Å²) in [6, 6.07) is 1.45. The van der Waals surface area contributed by atoms with E-state index in [-0.39, 0.29) is 5.56 Å². The maximum atomic E-state index is 12.3. The van der Waals surface area contributed by atoms with E-state index in [9.17, 15) is 9.59 Å². The van der Waals surface area contributed by atoms with Gasteiger partial charge in [-0.1, -0.05) is 0 Å². The van der Waals surface area contributed by atoms with Crippen LogP contribution >= 0.6 is 0 Å². The number of nitrogens with zero attached hydrogens (tertiary/aromatic N) is 3. The summed E-state index contributed by atoms with van der Waals surface area (Å²) < 4.78 is 8.28. The first-order valence-electron chi connectivity index (χ1n) is 6.92. The molecule has 0 spiro atoms. The summed E-state index contributed by atoms with van der Waals surface area (Å²) in [5.41, 5.74) is 2.07. The van der Waals surface area contributed by atoms with Crippen molar-refractivity contribution in [3.8, 4) is 5.69 Å². The van der Waals surface area contributed by atoms with Crippen molar-refractivity contribution in [1.29, 1.82) is 0 Å². The monoisotopic (exact) mass is 289 g/mol. The summed E-state index contributed by atoms with van der Waals surface area (Å²) in [5, 5.41) is 4.17. The second-order valence-corrected chi connectivity index (χ2v) is 4.74. The third kappa shape index (κ3) is 2.74. The van der Waals surface area contributed by atoms with Gasteiger partial charge in [0.1, 0.15) is 0 Å². The number of carbonyl (C=O) groups is 1. The summed E-state index contributed by atoms with van der Waals surface area (Å²) in [7, 11) is 0. The van der Waals surface area contributed by atoms with Gasteiger partial charge >= 0.3 is 5.97 Å². The van der Waals surface area contributed by atoms with E-state index in [4.69, 9.17) is 4.74 Å². The predicted molar refractivity (Wildman–Crippen MR) is 78.9 cm³/mol. The first kappa shape index (κ1) is 15.0. The second-order valence-electron chi connectivity index (χ2n) is 4.74. The number of hydrogen-bond acceptors (Lipinski definition) is 4. The highest BCUT2D eigenvalue weighted by Crippen LogP contribution is 2.16. The molecule has 0 aliphatic carbocycles. The van der Waals surface area contributed by atoms with Gasteiger partial charge in [-0.05, 0) is 33.3 Å². The Labute approximate surface area is 123 Å². The Balaban J connectivity index is 2.64. The van der Waals surface area contributed by atoms with Crippen molar-refractivity contribution in [1.82, 2.24) is 14.3 Å². The van der Waals surface area contributed by atoms with Crippen molar-refractivity contribution in [2.24, 2.45) is 0 Å². The lowest BCUT2D eigenvalue weighted by Crippen LogP contribution is -2.24. The molecule has 0 saturated carbocycles. The molecule has 2 aromatic rings. The fourth-order valence-electron chi connectivity index (χ4n) is 2.36. The Bertz CT molecular complexity index is 728. The van der Waals surface area contributed by atoms with Gasteiger partial charge in [0.05, 0.1) is 24.1 Å². The standard InChI is InChI=1S/C15H19N3O3/c1-5-17-9-12(8-16-17)18-11(4)14(15(20)21-6-2)10(3)7-13(18)19/h7-9H,5-6H2,1-4H3. The largest absolute Gasteiger partial charge is 0.462 e. The molecule has 0 aliphatic heterocycles. The fraction of sp³-hybridized carbons (Fsp3) is 0.400. The molecule has 0 aromatic carbocycles. The quantitative estimate of drug-likeness (QED) is 0.806.